The highest BCUT2D eigenvalue weighted by Gasteiger charge is 2.41. The zero-order valence-corrected chi connectivity index (χ0v) is 7.96. The molecule has 0 aliphatic rings. The summed E-state index contributed by atoms with van der Waals surface area (Å²) in [4.78, 5) is 9.15. The molecule has 0 bridgehead atoms. The molecule has 0 aromatic heterocycles. The highest BCUT2D eigenvalue weighted by Crippen LogP contribution is 2.36. The van der Waals surface area contributed by atoms with Crippen molar-refractivity contribution in [2.75, 3.05) is 0 Å². The van der Waals surface area contributed by atoms with E-state index in [0.29, 0.717) is 0 Å². The Morgan fingerprint density at radius 2 is 1.71 bits per heavy atom. The van der Waals surface area contributed by atoms with Crippen LogP contribution in [0.4, 0.5) is 27.6 Å². The summed E-state index contributed by atoms with van der Waals surface area (Å²) < 4.78 is 62.2. The van der Waals surface area contributed by atoms with Crippen LogP contribution in [0.2, 0.25) is 0 Å². The molecule has 9 heteroatoms. The first kappa shape index (κ1) is 13.3. The number of benzene rings is 1. The first-order valence-corrected chi connectivity index (χ1v) is 4.10. The standard InChI is InChI=1S/C8H5F5N2O2/c9-4-1-3(7(14)8(11,12)13)6(15(16)17)2-5(4)10/h1-2,7H,14H2/t7-/m1/s1. The van der Waals surface area contributed by atoms with Crippen molar-refractivity contribution in [3.05, 3.63) is 39.4 Å². The van der Waals surface area contributed by atoms with E-state index < -0.39 is 40.0 Å². The molecule has 0 fully saturated rings. The lowest BCUT2D eigenvalue weighted by Gasteiger charge is -2.15. The van der Waals surface area contributed by atoms with Crippen LogP contribution in [0.15, 0.2) is 12.1 Å². The van der Waals surface area contributed by atoms with Crippen molar-refractivity contribution in [2.45, 2.75) is 12.2 Å². The van der Waals surface area contributed by atoms with Gasteiger partial charge in [-0.1, -0.05) is 0 Å². The predicted octanol–water partition coefficient (Wildman–Crippen LogP) is 2.44. The number of hydrogen-bond donors (Lipinski definition) is 1. The third-order valence-electron chi connectivity index (χ3n) is 1.95. The van der Waals surface area contributed by atoms with Crippen LogP contribution in [0.1, 0.15) is 11.6 Å². The van der Waals surface area contributed by atoms with E-state index in [2.05, 4.69) is 0 Å². The molecule has 94 valence electrons. The molecule has 0 heterocycles. The van der Waals surface area contributed by atoms with E-state index in [4.69, 9.17) is 5.73 Å². The summed E-state index contributed by atoms with van der Waals surface area (Å²) in [5.74, 6) is -3.25. The molecule has 0 saturated heterocycles. The summed E-state index contributed by atoms with van der Waals surface area (Å²) in [6.45, 7) is 0. The van der Waals surface area contributed by atoms with Crippen molar-refractivity contribution in [1.29, 1.82) is 0 Å². The Kier molecular flexibility index (Phi) is 3.32. The van der Waals surface area contributed by atoms with Crippen molar-refractivity contribution in [3.63, 3.8) is 0 Å². The van der Waals surface area contributed by atoms with Crippen molar-refractivity contribution in [3.8, 4) is 0 Å². The Bertz CT molecular complexity index is 460. The van der Waals surface area contributed by atoms with Gasteiger partial charge < -0.3 is 5.73 Å². The normalized spacial score (nSPS) is 13.5. The summed E-state index contributed by atoms with van der Waals surface area (Å²) in [6, 6.07) is -2.61. The zero-order chi connectivity index (χ0) is 13.4. The Morgan fingerprint density at radius 1 is 1.24 bits per heavy atom. The second kappa shape index (κ2) is 4.24. The molecule has 0 saturated carbocycles. The maximum Gasteiger partial charge on any atom is 0.407 e. The van der Waals surface area contributed by atoms with Crippen LogP contribution in [0.5, 0.6) is 0 Å². The number of nitrogens with two attached hydrogens (primary N) is 1. The van der Waals surface area contributed by atoms with Crippen LogP contribution >= 0.6 is 0 Å². The molecule has 0 radical (unpaired) electrons. The lowest BCUT2D eigenvalue weighted by molar-refractivity contribution is -0.386. The van der Waals surface area contributed by atoms with E-state index in [0.717, 1.165) is 0 Å². The number of rotatable bonds is 2. The van der Waals surface area contributed by atoms with Gasteiger partial charge >= 0.3 is 6.18 Å². The number of nitro groups is 1. The minimum absolute atomic E-state index is 0.0657. The smallest absolute Gasteiger partial charge is 0.316 e. The largest absolute Gasteiger partial charge is 0.407 e. The van der Waals surface area contributed by atoms with E-state index in [1.165, 1.54) is 0 Å². The Hall–Kier alpha value is -1.77. The van der Waals surface area contributed by atoms with Crippen molar-refractivity contribution < 1.29 is 26.9 Å². The highest BCUT2D eigenvalue weighted by molar-refractivity contribution is 5.43. The Labute approximate surface area is 91.0 Å². The van der Waals surface area contributed by atoms with Gasteiger partial charge in [-0.3, -0.25) is 10.1 Å². The minimum atomic E-state index is -4.99. The predicted molar refractivity (Wildman–Crippen MR) is 46.0 cm³/mol. The fraction of sp³-hybridized carbons (Fsp3) is 0.250. The Morgan fingerprint density at radius 3 is 2.12 bits per heavy atom. The van der Waals surface area contributed by atoms with Crippen LogP contribution in [-0.4, -0.2) is 11.1 Å². The van der Waals surface area contributed by atoms with E-state index in [-0.39, 0.29) is 12.1 Å². The number of hydrogen-bond acceptors (Lipinski definition) is 3. The SMILES string of the molecule is N[C@H](c1cc(F)c(F)cc1[N+](=O)[O-])C(F)(F)F. The molecular weight excluding hydrogens is 251 g/mol. The lowest BCUT2D eigenvalue weighted by Crippen LogP contribution is -2.29. The van der Waals surface area contributed by atoms with E-state index >= 15 is 0 Å². The molecule has 0 spiro atoms. The third-order valence-corrected chi connectivity index (χ3v) is 1.95. The zero-order valence-electron chi connectivity index (χ0n) is 7.96. The molecule has 17 heavy (non-hydrogen) atoms. The van der Waals surface area contributed by atoms with Gasteiger partial charge in [0.1, 0.15) is 6.04 Å². The number of halogens is 5. The maximum absolute atomic E-state index is 12.8. The molecule has 1 aromatic carbocycles. The summed E-state index contributed by atoms with van der Waals surface area (Å²) in [5, 5.41) is 10.4. The lowest BCUT2D eigenvalue weighted by atomic mass is 10.0. The van der Waals surface area contributed by atoms with Gasteiger partial charge in [0, 0.05) is 0 Å². The van der Waals surface area contributed by atoms with Gasteiger partial charge in [0.25, 0.3) is 5.69 Å². The van der Waals surface area contributed by atoms with Crippen LogP contribution in [0, 0.1) is 21.7 Å². The third kappa shape index (κ3) is 2.67. The van der Waals surface area contributed by atoms with Gasteiger partial charge in [-0.25, -0.2) is 8.78 Å². The number of nitrogens with zero attached hydrogens (tertiary/aromatic N) is 1. The molecule has 1 aromatic rings. The van der Waals surface area contributed by atoms with E-state index in [1.807, 2.05) is 0 Å². The summed E-state index contributed by atoms with van der Waals surface area (Å²) in [6.07, 6.45) is -4.99. The van der Waals surface area contributed by atoms with Crippen LogP contribution in [-0.2, 0) is 0 Å². The fourth-order valence-electron chi connectivity index (χ4n) is 1.14. The van der Waals surface area contributed by atoms with Crippen molar-refractivity contribution in [1.82, 2.24) is 0 Å². The quantitative estimate of drug-likeness (QED) is 0.502. The Balaban J connectivity index is 3.41. The first-order chi connectivity index (χ1) is 7.64. The number of alkyl halides is 3. The molecular formula is C8H5F5N2O2. The molecule has 0 unspecified atom stereocenters. The minimum Gasteiger partial charge on any atom is -0.316 e. The molecule has 4 nitrogen and oxygen atoms in total. The van der Waals surface area contributed by atoms with Crippen LogP contribution in [0.3, 0.4) is 0 Å². The average molecular weight is 256 g/mol. The highest BCUT2D eigenvalue weighted by atomic mass is 19.4. The first-order valence-electron chi connectivity index (χ1n) is 4.10. The molecule has 0 aliphatic carbocycles. The van der Waals surface area contributed by atoms with Gasteiger partial charge in [-0.05, 0) is 6.07 Å². The maximum atomic E-state index is 12.8. The van der Waals surface area contributed by atoms with E-state index in [1.54, 1.807) is 0 Å². The molecule has 2 N–H and O–H groups in total. The van der Waals surface area contributed by atoms with Crippen molar-refractivity contribution in [2.24, 2.45) is 5.73 Å². The van der Waals surface area contributed by atoms with E-state index in [9.17, 15) is 32.1 Å². The molecule has 1 atom stereocenters. The van der Waals surface area contributed by atoms with Gasteiger partial charge in [0.2, 0.25) is 0 Å². The van der Waals surface area contributed by atoms with Gasteiger partial charge in [-0.15, -0.1) is 0 Å². The van der Waals surface area contributed by atoms with Crippen LogP contribution < -0.4 is 5.73 Å². The van der Waals surface area contributed by atoms with Crippen molar-refractivity contribution >= 4 is 5.69 Å². The molecule has 0 amide bonds. The molecule has 1 rings (SSSR count). The monoisotopic (exact) mass is 256 g/mol. The summed E-state index contributed by atoms with van der Waals surface area (Å²) in [5.41, 5.74) is 2.37. The second-order valence-corrected chi connectivity index (χ2v) is 3.10. The van der Waals surface area contributed by atoms with Gasteiger partial charge in [0.05, 0.1) is 16.6 Å². The number of nitro benzene ring substituents is 1. The van der Waals surface area contributed by atoms with Crippen LogP contribution in [0.25, 0.3) is 0 Å². The molecule has 0 aliphatic heterocycles. The van der Waals surface area contributed by atoms with Gasteiger partial charge in [-0.2, -0.15) is 13.2 Å². The average Bonchev–Trinajstić information content (AvgIpc) is 2.18. The van der Waals surface area contributed by atoms with Gasteiger partial charge in [0.15, 0.2) is 11.6 Å². The summed E-state index contributed by atoms with van der Waals surface area (Å²) in [7, 11) is 0. The second-order valence-electron chi connectivity index (χ2n) is 3.10. The topological polar surface area (TPSA) is 69.2 Å². The summed E-state index contributed by atoms with van der Waals surface area (Å²) >= 11 is 0. The fourth-order valence-corrected chi connectivity index (χ4v) is 1.14.